The summed E-state index contributed by atoms with van der Waals surface area (Å²) in [6, 6.07) is 5.35. The Balaban J connectivity index is 2.31. The smallest absolute Gasteiger partial charge is 0.127 e. The van der Waals surface area contributed by atoms with Crippen LogP contribution < -0.4 is 0 Å². The summed E-state index contributed by atoms with van der Waals surface area (Å²) in [5.41, 5.74) is 0.893. The van der Waals surface area contributed by atoms with E-state index < -0.39 is 0 Å². The molecule has 0 N–H and O–H groups in total. The highest BCUT2D eigenvalue weighted by Gasteiger charge is 2.22. The van der Waals surface area contributed by atoms with Gasteiger partial charge >= 0.3 is 0 Å². The maximum Gasteiger partial charge on any atom is 0.127 e. The van der Waals surface area contributed by atoms with E-state index in [1.165, 1.54) is 6.42 Å². The van der Waals surface area contributed by atoms with Crippen LogP contribution in [0.3, 0.4) is 0 Å². The lowest BCUT2D eigenvalue weighted by Crippen LogP contribution is -2.10. The molecule has 2 heteroatoms. The van der Waals surface area contributed by atoms with Crippen molar-refractivity contribution in [2.45, 2.75) is 25.2 Å². The van der Waals surface area contributed by atoms with Crippen LogP contribution in [0.25, 0.3) is 0 Å². The van der Waals surface area contributed by atoms with Crippen LogP contribution in [-0.4, -0.2) is 0 Å². The molecule has 0 aliphatic heterocycles. The summed E-state index contributed by atoms with van der Waals surface area (Å²) in [6.07, 6.45) is 3.55. The molecular formula is C10H10BrF. The average Bonchev–Trinajstić information content (AvgIpc) is 1.91. The Morgan fingerprint density at radius 2 is 2.08 bits per heavy atom. The number of benzene rings is 1. The van der Waals surface area contributed by atoms with Crippen molar-refractivity contribution in [3.63, 3.8) is 0 Å². The highest BCUT2D eigenvalue weighted by atomic mass is 79.9. The van der Waals surface area contributed by atoms with Gasteiger partial charge in [-0.15, -0.1) is 0 Å². The number of hydrogen-bond acceptors (Lipinski definition) is 0. The van der Waals surface area contributed by atoms with Crippen molar-refractivity contribution in [1.82, 2.24) is 0 Å². The Hall–Kier alpha value is -0.370. The van der Waals surface area contributed by atoms with E-state index in [2.05, 4.69) is 15.9 Å². The zero-order valence-electron chi connectivity index (χ0n) is 6.69. The predicted molar refractivity (Wildman–Crippen MR) is 50.7 cm³/mol. The third-order valence-electron chi connectivity index (χ3n) is 2.51. The molecule has 1 fully saturated rings. The summed E-state index contributed by atoms with van der Waals surface area (Å²) < 4.78 is 14.1. The summed E-state index contributed by atoms with van der Waals surface area (Å²) in [5, 5.41) is 0. The minimum Gasteiger partial charge on any atom is -0.207 e. The van der Waals surface area contributed by atoms with Crippen LogP contribution in [0.4, 0.5) is 4.39 Å². The number of rotatable bonds is 1. The molecule has 0 unspecified atom stereocenters. The topological polar surface area (TPSA) is 0 Å². The van der Waals surface area contributed by atoms with Crippen LogP contribution in [0.2, 0.25) is 0 Å². The molecule has 0 radical (unpaired) electrons. The molecule has 0 spiro atoms. The fourth-order valence-electron chi connectivity index (χ4n) is 1.55. The Bertz CT molecular complexity index is 292. The molecule has 0 aromatic heterocycles. The second-order valence-corrected chi connectivity index (χ2v) is 4.21. The van der Waals surface area contributed by atoms with Crippen molar-refractivity contribution in [3.05, 3.63) is 34.1 Å². The van der Waals surface area contributed by atoms with Gasteiger partial charge in [0.1, 0.15) is 5.82 Å². The van der Waals surface area contributed by atoms with Crippen molar-refractivity contribution in [2.75, 3.05) is 0 Å². The average molecular weight is 229 g/mol. The zero-order valence-corrected chi connectivity index (χ0v) is 8.27. The fourth-order valence-corrected chi connectivity index (χ4v) is 1.88. The normalized spacial score (nSPS) is 17.5. The Morgan fingerprint density at radius 3 is 2.58 bits per heavy atom. The maximum atomic E-state index is 13.3. The van der Waals surface area contributed by atoms with Crippen LogP contribution in [0.1, 0.15) is 30.7 Å². The minimum atomic E-state index is -0.0610. The first-order valence-electron chi connectivity index (χ1n) is 4.22. The summed E-state index contributed by atoms with van der Waals surface area (Å²) in [4.78, 5) is 0. The molecule has 1 aromatic carbocycles. The van der Waals surface area contributed by atoms with E-state index in [1.54, 1.807) is 6.07 Å². The molecule has 0 amide bonds. The highest BCUT2D eigenvalue weighted by Crippen LogP contribution is 2.37. The van der Waals surface area contributed by atoms with Gasteiger partial charge in [0.15, 0.2) is 0 Å². The van der Waals surface area contributed by atoms with E-state index in [9.17, 15) is 4.39 Å². The number of hydrogen-bond donors (Lipinski definition) is 0. The molecular weight excluding hydrogens is 219 g/mol. The SMILES string of the molecule is Fc1cc(Br)ccc1C1CCC1. The predicted octanol–water partition coefficient (Wildman–Crippen LogP) is 3.86. The maximum absolute atomic E-state index is 13.3. The van der Waals surface area contributed by atoms with Gasteiger partial charge in [0.05, 0.1) is 0 Å². The van der Waals surface area contributed by atoms with Gasteiger partial charge in [-0.1, -0.05) is 28.4 Å². The van der Waals surface area contributed by atoms with Crippen LogP contribution in [0.5, 0.6) is 0 Å². The van der Waals surface area contributed by atoms with Gasteiger partial charge in [0.2, 0.25) is 0 Å². The van der Waals surface area contributed by atoms with Crippen LogP contribution in [0.15, 0.2) is 22.7 Å². The third-order valence-corrected chi connectivity index (χ3v) is 3.00. The Kier molecular flexibility index (Phi) is 2.18. The van der Waals surface area contributed by atoms with E-state index in [0.29, 0.717) is 5.92 Å². The van der Waals surface area contributed by atoms with Crippen molar-refractivity contribution < 1.29 is 4.39 Å². The van der Waals surface area contributed by atoms with Crippen LogP contribution in [-0.2, 0) is 0 Å². The molecule has 0 nitrogen and oxygen atoms in total. The quantitative estimate of drug-likeness (QED) is 0.685. The second-order valence-electron chi connectivity index (χ2n) is 3.29. The van der Waals surface area contributed by atoms with Crippen LogP contribution in [0, 0.1) is 5.82 Å². The standard InChI is InChI=1S/C10H10BrF/c11-8-4-5-9(10(12)6-8)7-2-1-3-7/h4-7H,1-3H2. The molecule has 1 aliphatic rings. The first-order chi connectivity index (χ1) is 5.77. The molecule has 1 aliphatic carbocycles. The largest absolute Gasteiger partial charge is 0.207 e. The Morgan fingerprint density at radius 1 is 1.33 bits per heavy atom. The lowest BCUT2D eigenvalue weighted by atomic mass is 9.80. The van der Waals surface area contributed by atoms with Gasteiger partial charge < -0.3 is 0 Å². The summed E-state index contributed by atoms with van der Waals surface area (Å²) in [6.45, 7) is 0. The van der Waals surface area contributed by atoms with Gasteiger partial charge in [-0.25, -0.2) is 4.39 Å². The van der Waals surface area contributed by atoms with Crippen LogP contribution >= 0.6 is 15.9 Å². The van der Waals surface area contributed by atoms with Crippen molar-refractivity contribution in [2.24, 2.45) is 0 Å². The first-order valence-corrected chi connectivity index (χ1v) is 5.01. The molecule has 12 heavy (non-hydrogen) atoms. The second kappa shape index (κ2) is 3.17. The van der Waals surface area contributed by atoms with E-state index in [4.69, 9.17) is 0 Å². The molecule has 1 aromatic rings. The summed E-state index contributed by atoms with van der Waals surface area (Å²) in [7, 11) is 0. The zero-order chi connectivity index (χ0) is 8.55. The van der Waals surface area contributed by atoms with Gasteiger partial charge in [0, 0.05) is 4.47 Å². The van der Waals surface area contributed by atoms with Gasteiger partial charge in [0.25, 0.3) is 0 Å². The Labute approximate surface area is 79.9 Å². The van der Waals surface area contributed by atoms with Crippen molar-refractivity contribution >= 4 is 15.9 Å². The van der Waals surface area contributed by atoms with Gasteiger partial charge in [-0.3, -0.25) is 0 Å². The van der Waals surface area contributed by atoms with E-state index in [0.717, 1.165) is 22.9 Å². The van der Waals surface area contributed by atoms with Crippen molar-refractivity contribution in [1.29, 1.82) is 0 Å². The summed E-state index contributed by atoms with van der Waals surface area (Å²) >= 11 is 3.25. The van der Waals surface area contributed by atoms with E-state index >= 15 is 0 Å². The minimum absolute atomic E-state index is 0.0610. The third kappa shape index (κ3) is 1.40. The van der Waals surface area contributed by atoms with E-state index in [-0.39, 0.29) is 5.82 Å². The lowest BCUT2D eigenvalue weighted by molar-refractivity contribution is 0.404. The molecule has 1 saturated carbocycles. The highest BCUT2D eigenvalue weighted by molar-refractivity contribution is 9.10. The van der Waals surface area contributed by atoms with E-state index in [1.807, 2.05) is 12.1 Å². The lowest BCUT2D eigenvalue weighted by Gasteiger charge is -2.26. The molecule has 2 rings (SSSR count). The van der Waals surface area contributed by atoms with Gasteiger partial charge in [-0.2, -0.15) is 0 Å². The van der Waals surface area contributed by atoms with Crippen molar-refractivity contribution in [3.8, 4) is 0 Å². The van der Waals surface area contributed by atoms with Gasteiger partial charge in [-0.05, 0) is 36.5 Å². The molecule has 64 valence electrons. The number of halogens is 2. The first kappa shape index (κ1) is 8.24. The molecule has 0 atom stereocenters. The fraction of sp³-hybridized carbons (Fsp3) is 0.400. The summed E-state index contributed by atoms with van der Waals surface area (Å²) in [5.74, 6) is 0.423. The molecule has 0 saturated heterocycles. The monoisotopic (exact) mass is 228 g/mol. The molecule has 0 heterocycles. The molecule has 0 bridgehead atoms.